The standard InChI is InChI=1S/C17H20ClNO2/c1-19-13-7-8-15(19)14(9-10-18)16(11-13)21-17(20)12-5-3-2-4-6-12/h2-6,9-10,13-16H,7-8,11H2,1H3/b10-9+/t13-,14-,15?,16+/m1/s1. The molecule has 0 radical (unpaired) electrons. The second-order valence-corrected chi connectivity index (χ2v) is 6.16. The first kappa shape index (κ1) is 14.6. The maximum absolute atomic E-state index is 12.3. The minimum absolute atomic E-state index is 0.0820. The van der Waals surface area contributed by atoms with Crippen LogP contribution in [0.3, 0.4) is 0 Å². The highest BCUT2D eigenvalue weighted by molar-refractivity contribution is 6.25. The molecule has 1 unspecified atom stereocenters. The number of carbonyl (C=O) groups excluding carboxylic acids is 1. The van der Waals surface area contributed by atoms with Crippen LogP contribution >= 0.6 is 11.6 Å². The Labute approximate surface area is 130 Å². The van der Waals surface area contributed by atoms with Crippen LogP contribution in [0.15, 0.2) is 41.9 Å². The van der Waals surface area contributed by atoms with Gasteiger partial charge in [0.2, 0.25) is 0 Å². The number of esters is 1. The largest absolute Gasteiger partial charge is 0.458 e. The molecule has 0 saturated carbocycles. The molecule has 2 fully saturated rings. The second kappa shape index (κ2) is 6.20. The number of halogens is 1. The van der Waals surface area contributed by atoms with Crippen molar-refractivity contribution in [2.45, 2.75) is 37.5 Å². The lowest BCUT2D eigenvalue weighted by Gasteiger charge is -2.41. The molecule has 0 spiro atoms. The van der Waals surface area contributed by atoms with Crippen LogP contribution in [-0.4, -0.2) is 36.1 Å². The number of benzene rings is 1. The molecule has 1 aromatic carbocycles. The van der Waals surface area contributed by atoms with Crippen molar-refractivity contribution < 1.29 is 9.53 Å². The molecule has 112 valence electrons. The fraction of sp³-hybridized carbons (Fsp3) is 0.471. The topological polar surface area (TPSA) is 29.5 Å². The van der Waals surface area contributed by atoms with E-state index in [0.717, 1.165) is 12.8 Å². The number of ether oxygens (including phenoxy) is 1. The molecule has 0 N–H and O–H groups in total. The second-order valence-electron chi connectivity index (χ2n) is 5.91. The fourth-order valence-corrected chi connectivity index (χ4v) is 3.87. The van der Waals surface area contributed by atoms with Gasteiger partial charge in [-0.2, -0.15) is 0 Å². The molecule has 2 aliphatic heterocycles. The van der Waals surface area contributed by atoms with Crippen LogP contribution in [0.1, 0.15) is 29.6 Å². The van der Waals surface area contributed by atoms with Crippen LogP contribution in [0.5, 0.6) is 0 Å². The third-order valence-corrected chi connectivity index (χ3v) is 4.98. The quantitative estimate of drug-likeness (QED) is 0.801. The summed E-state index contributed by atoms with van der Waals surface area (Å²) in [6.45, 7) is 0. The number of carbonyl (C=O) groups is 1. The van der Waals surface area contributed by atoms with E-state index in [0.29, 0.717) is 17.6 Å². The maximum atomic E-state index is 12.3. The van der Waals surface area contributed by atoms with Gasteiger partial charge in [-0.05, 0) is 32.0 Å². The minimum Gasteiger partial charge on any atom is -0.458 e. The van der Waals surface area contributed by atoms with E-state index in [9.17, 15) is 4.79 Å². The maximum Gasteiger partial charge on any atom is 0.338 e. The smallest absolute Gasteiger partial charge is 0.338 e. The average Bonchev–Trinajstić information content (AvgIpc) is 2.75. The molecule has 2 saturated heterocycles. The molecule has 2 aliphatic rings. The zero-order chi connectivity index (χ0) is 14.8. The van der Waals surface area contributed by atoms with Crippen molar-refractivity contribution >= 4 is 17.6 Å². The first-order valence-corrected chi connectivity index (χ1v) is 7.89. The SMILES string of the molecule is CN1C2CC[C@@H]1C[C@H](OC(=O)c1ccccc1)[C@@H]2/C=C/Cl. The third kappa shape index (κ3) is 2.85. The van der Waals surface area contributed by atoms with Gasteiger partial charge in [0, 0.05) is 30.0 Å². The van der Waals surface area contributed by atoms with Gasteiger partial charge in [-0.1, -0.05) is 35.9 Å². The number of hydrogen-bond acceptors (Lipinski definition) is 3. The van der Waals surface area contributed by atoms with Crippen molar-refractivity contribution in [3.05, 3.63) is 47.5 Å². The summed E-state index contributed by atoms with van der Waals surface area (Å²) >= 11 is 5.80. The van der Waals surface area contributed by atoms with Crippen molar-refractivity contribution in [3.8, 4) is 0 Å². The van der Waals surface area contributed by atoms with Gasteiger partial charge < -0.3 is 4.74 Å². The van der Waals surface area contributed by atoms with Gasteiger partial charge in [0.1, 0.15) is 6.10 Å². The van der Waals surface area contributed by atoms with Crippen LogP contribution in [0.4, 0.5) is 0 Å². The molecular weight excluding hydrogens is 286 g/mol. The molecule has 2 bridgehead atoms. The normalized spacial score (nSPS) is 32.5. The molecule has 4 heteroatoms. The molecule has 2 heterocycles. The van der Waals surface area contributed by atoms with Crippen molar-refractivity contribution in [3.63, 3.8) is 0 Å². The molecule has 3 nitrogen and oxygen atoms in total. The van der Waals surface area contributed by atoms with E-state index in [1.165, 1.54) is 6.42 Å². The van der Waals surface area contributed by atoms with E-state index in [1.807, 2.05) is 24.3 Å². The van der Waals surface area contributed by atoms with E-state index >= 15 is 0 Å². The first-order chi connectivity index (χ1) is 10.2. The Balaban J connectivity index is 1.76. The van der Waals surface area contributed by atoms with Gasteiger partial charge in [0.25, 0.3) is 0 Å². The molecule has 0 aromatic heterocycles. The summed E-state index contributed by atoms with van der Waals surface area (Å²) in [6.07, 6.45) is 5.10. The van der Waals surface area contributed by atoms with E-state index in [-0.39, 0.29) is 18.0 Å². The number of fused-ring (bicyclic) bond motifs is 2. The van der Waals surface area contributed by atoms with Crippen LogP contribution in [-0.2, 0) is 4.74 Å². The zero-order valence-corrected chi connectivity index (χ0v) is 12.9. The summed E-state index contributed by atoms with van der Waals surface area (Å²) in [4.78, 5) is 14.7. The summed E-state index contributed by atoms with van der Waals surface area (Å²) in [6, 6.07) is 10.1. The van der Waals surface area contributed by atoms with Crippen LogP contribution in [0, 0.1) is 5.92 Å². The van der Waals surface area contributed by atoms with E-state index in [2.05, 4.69) is 11.9 Å². The highest BCUT2D eigenvalue weighted by Gasteiger charge is 2.46. The fourth-order valence-electron chi connectivity index (χ4n) is 3.70. The number of nitrogens with zero attached hydrogens (tertiary/aromatic N) is 1. The Morgan fingerprint density at radius 1 is 1.33 bits per heavy atom. The van der Waals surface area contributed by atoms with Gasteiger partial charge in [-0.3, -0.25) is 4.90 Å². The van der Waals surface area contributed by atoms with Gasteiger partial charge in [-0.25, -0.2) is 4.79 Å². The molecule has 4 atom stereocenters. The Morgan fingerprint density at radius 3 is 2.81 bits per heavy atom. The number of piperidine rings is 1. The molecule has 3 rings (SSSR count). The van der Waals surface area contributed by atoms with Gasteiger partial charge in [0.05, 0.1) is 5.56 Å². The highest BCUT2D eigenvalue weighted by atomic mass is 35.5. The van der Waals surface area contributed by atoms with Crippen molar-refractivity contribution in [2.24, 2.45) is 5.92 Å². The summed E-state index contributed by atoms with van der Waals surface area (Å²) in [7, 11) is 2.16. The Bertz CT molecular complexity index is 531. The molecule has 0 aliphatic carbocycles. The van der Waals surface area contributed by atoms with Crippen LogP contribution in [0.25, 0.3) is 0 Å². The van der Waals surface area contributed by atoms with E-state index in [4.69, 9.17) is 16.3 Å². The van der Waals surface area contributed by atoms with E-state index in [1.54, 1.807) is 17.7 Å². The summed E-state index contributed by atoms with van der Waals surface area (Å²) < 4.78 is 5.80. The first-order valence-electron chi connectivity index (χ1n) is 7.45. The van der Waals surface area contributed by atoms with Crippen molar-refractivity contribution in [1.29, 1.82) is 0 Å². The number of rotatable bonds is 3. The Hall–Kier alpha value is -1.32. The van der Waals surface area contributed by atoms with Crippen LogP contribution in [0.2, 0.25) is 0 Å². The molecular formula is C17H20ClNO2. The average molecular weight is 306 g/mol. The monoisotopic (exact) mass is 305 g/mol. The van der Waals surface area contributed by atoms with E-state index < -0.39 is 0 Å². The van der Waals surface area contributed by atoms with Crippen molar-refractivity contribution in [2.75, 3.05) is 7.05 Å². The predicted molar refractivity (Wildman–Crippen MR) is 83.3 cm³/mol. The lowest BCUT2D eigenvalue weighted by atomic mass is 9.87. The summed E-state index contributed by atoms with van der Waals surface area (Å²) in [5, 5.41) is 0. The van der Waals surface area contributed by atoms with Crippen molar-refractivity contribution in [1.82, 2.24) is 4.90 Å². The summed E-state index contributed by atoms with van der Waals surface area (Å²) in [5.41, 5.74) is 2.16. The van der Waals surface area contributed by atoms with Gasteiger partial charge in [-0.15, -0.1) is 0 Å². The lowest BCUT2D eigenvalue weighted by molar-refractivity contribution is -0.0208. The Morgan fingerprint density at radius 2 is 2.10 bits per heavy atom. The predicted octanol–water partition coefficient (Wildman–Crippen LogP) is 3.45. The minimum atomic E-state index is -0.238. The highest BCUT2D eigenvalue weighted by Crippen LogP contribution is 2.40. The molecule has 0 amide bonds. The summed E-state index contributed by atoms with van der Waals surface area (Å²) in [5.74, 6) is -0.0589. The molecule has 21 heavy (non-hydrogen) atoms. The lowest BCUT2D eigenvalue weighted by Crippen LogP contribution is -2.49. The zero-order valence-electron chi connectivity index (χ0n) is 12.1. The Kier molecular flexibility index (Phi) is 4.32. The third-order valence-electron chi connectivity index (χ3n) is 4.84. The van der Waals surface area contributed by atoms with Gasteiger partial charge >= 0.3 is 5.97 Å². The van der Waals surface area contributed by atoms with Gasteiger partial charge in [0.15, 0.2) is 0 Å². The van der Waals surface area contributed by atoms with Crippen LogP contribution < -0.4 is 0 Å². The number of hydrogen-bond donors (Lipinski definition) is 0. The molecule has 1 aromatic rings.